The smallest absolute Gasteiger partial charge is 0.462 e. The molecule has 0 aromatic rings. The normalized spacial score (nSPS) is 14.2. The molecule has 0 aromatic carbocycles. The molecule has 0 amide bonds. The van der Waals surface area contributed by atoms with Crippen molar-refractivity contribution in [3.05, 3.63) is 0 Å². The van der Waals surface area contributed by atoms with Gasteiger partial charge in [-0.3, -0.25) is 37.3 Å². The Kier molecular flexibility index (Phi) is 67.7. The summed E-state index contributed by atoms with van der Waals surface area (Å²) in [6, 6.07) is 0. The predicted octanol–water partition coefficient (Wildman–Crippen LogP) is 22.5. The number of phosphoric acid groups is 2. The van der Waals surface area contributed by atoms with Crippen LogP contribution in [0.2, 0.25) is 0 Å². The molecule has 0 aliphatic rings. The Hall–Kier alpha value is -1.94. The predicted molar refractivity (Wildman–Crippen MR) is 386 cm³/mol. The quantitative estimate of drug-likeness (QED) is 0.0222. The van der Waals surface area contributed by atoms with Gasteiger partial charge in [0, 0.05) is 25.7 Å². The van der Waals surface area contributed by atoms with Gasteiger partial charge >= 0.3 is 39.5 Å². The van der Waals surface area contributed by atoms with Crippen molar-refractivity contribution < 1.29 is 80.2 Å². The average molecular weight is 1400 g/mol. The summed E-state index contributed by atoms with van der Waals surface area (Å²) in [4.78, 5) is 72.3. The molecule has 0 aromatic heterocycles. The lowest BCUT2D eigenvalue weighted by Gasteiger charge is -2.21. The van der Waals surface area contributed by atoms with Crippen molar-refractivity contribution in [3.63, 3.8) is 0 Å². The van der Waals surface area contributed by atoms with Gasteiger partial charge in [0.05, 0.1) is 26.4 Å². The zero-order chi connectivity index (χ0) is 69.8. The van der Waals surface area contributed by atoms with E-state index in [4.69, 9.17) is 37.0 Å². The third kappa shape index (κ3) is 69.0. The van der Waals surface area contributed by atoms with Crippen LogP contribution in [-0.4, -0.2) is 96.7 Å². The topological polar surface area (TPSA) is 237 Å². The van der Waals surface area contributed by atoms with Gasteiger partial charge in [-0.2, -0.15) is 0 Å². The second-order valence-electron chi connectivity index (χ2n) is 27.6. The maximum Gasteiger partial charge on any atom is 0.472 e. The SMILES string of the molecule is CCCCCCCCCCCCCCCCCCCCCCC(=O)OC[C@H](COP(=O)(O)OC[C@@H](O)COP(=O)(O)OC[C@@H](COC(=O)CCCCCCC)OC(=O)CCCCCCCCCC)OC(=O)CCCCCCCCCCCCCCCCCCCCC(C)CC. The lowest BCUT2D eigenvalue weighted by molar-refractivity contribution is -0.161. The van der Waals surface area contributed by atoms with Gasteiger partial charge in [-0.1, -0.05) is 349 Å². The summed E-state index contributed by atoms with van der Waals surface area (Å²) in [5.41, 5.74) is 0. The van der Waals surface area contributed by atoms with E-state index in [1.807, 2.05) is 0 Å². The van der Waals surface area contributed by atoms with Crippen LogP contribution in [0.1, 0.15) is 401 Å². The number of phosphoric ester groups is 2. The lowest BCUT2D eigenvalue weighted by Crippen LogP contribution is -2.30. The highest BCUT2D eigenvalue weighted by Crippen LogP contribution is 2.45. The zero-order valence-corrected chi connectivity index (χ0v) is 63.6. The molecule has 0 aliphatic carbocycles. The third-order valence-corrected chi connectivity index (χ3v) is 20.0. The number of rotatable bonds is 76. The van der Waals surface area contributed by atoms with Crippen molar-refractivity contribution in [3.8, 4) is 0 Å². The largest absolute Gasteiger partial charge is 0.472 e. The fourth-order valence-corrected chi connectivity index (χ4v) is 13.3. The lowest BCUT2D eigenvalue weighted by atomic mass is 9.99. The minimum atomic E-state index is -4.95. The Morgan fingerprint density at radius 3 is 0.747 bits per heavy atom. The summed E-state index contributed by atoms with van der Waals surface area (Å²) in [6.45, 7) is 7.23. The number of carbonyl (C=O) groups excluding carboxylic acids is 4. The molecule has 0 fully saturated rings. The zero-order valence-electron chi connectivity index (χ0n) is 61.8. The van der Waals surface area contributed by atoms with Crippen LogP contribution in [-0.2, 0) is 65.4 Å². The van der Waals surface area contributed by atoms with Crippen LogP contribution in [0.15, 0.2) is 0 Å². The van der Waals surface area contributed by atoms with Gasteiger partial charge in [0.2, 0.25) is 0 Å². The van der Waals surface area contributed by atoms with Gasteiger partial charge in [0.15, 0.2) is 12.2 Å². The van der Waals surface area contributed by atoms with E-state index >= 15 is 0 Å². The maximum absolute atomic E-state index is 13.1. The molecule has 3 unspecified atom stereocenters. The van der Waals surface area contributed by atoms with Crippen molar-refractivity contribution in [1.29, 1.82) is 0 Å². The standard InChI is InChI=1S/C76H148O17P2/c1-6-10-13-16-18-20-21-22-23-24-25-26-30-33-36-39-42-46-50-55-60-74(79)87-66-72(93-76(81)62-57-52-47-43-40-37-34-31-28-27-29-32-35-38-41-44-49-53-58-69(5)9-4)68-91-95(84,85)89-64-70(77)63-88-94(82,83)90-67-71(65-86-73(78)59-54-48-15-12-8-3)92-75(80)61-56-51-45-19-17-14-11-7-2/h69-72,77H,6-68H2,1-5H3,(H,82,83)(H,84,85)/t69?,70-,71+,72+/m0/s1. The van der Waals surface area contributed by atoms with E-state index in [2.05, 4.69) is 34.6 Å². The number of aliphatic hydroxyl groups excluding tert-OH is 1. The van der Waals surface area contributed by atoms with Gasteiger partial charge in [-0.15, -0.1) is 0 Å². The van der Waals surface area contributed by atoms with Crippen LogP contribution in [0.5, 0.6) is 0 Å². The van der Waals surface area contributed by atoms with Crippen molar-refractivity contribution in [2.45, 2.75) is 419 Å². The van der Waals surface area contributed by atoms with Crippen molar-refractivity contribution in [2.24, 2.45) is 5.92 Å². The molecule has 6 atom stereocenters. The molecule has 19 heteroatoms. The maximum atomic E-state index is 13.1. The molecule has 0 rings (SSSR count). The monoisotopic (exact) mass is 1400 g/mol. The van der Waals surface area contributed by atoms with Gasteiger partial charge in [-0.05, 0) is 31.6 Å². The fraction of sp³-hybridized carbons (Fsp3) is 0.947. The number of hydrogen-bond acceptors (Lipinski definition) is 15. The van der Waals surface area contributed by atoms with Crippen molar-refractivity contribution in [1.82, 2.24) is 0 Å². The Morgan fingerprint density at radius 1 is 0.295 bits per heavy atom. The summed E-state index contributed by atoms with van der Waals surface area (Å²) >= 11 is 0. The molecule has 0 saturated carbocycles. The second kappa shape index (κ2) is 69.2. The number of aliphatic hydroxyl groups is 1. The van der Waals surface area contributed by atoms with Crippen LogP contribution < -0.4 is 0 Å². The van der Waals surface area contributed by atoms with Gasteiger partial charge in [0.25, 0.3) is 0 Å². The minimum absolute atomic E-state index is 0.104. The average Bonchev–Trinajstić information content (AvgIpc) is 2.24. The molecule has 3 N–H and O–H groups in total. The number of carbonyl (C=O) groups is 4. The van der Waals surface area contributed by atoms with Crippen molar-refractivity contribution >= 4 is 39.5 Å². The Labute approximate surface area is 581 Å². The van der Waals surface area contributed by atoms with Crippen LogP contribution in [0.4, 0.5) is 0 Å². The van der Waals surface area contributed by atoms with Crippen LogP contribution in [0, 0.1) is 5.92 Å². The Morgan fingerprint density at radius 2 is 0.505 bits per heavy atom. The fourth-order valence-electron chi connectivity index (χ4n) is 11.7. The van der Waals surface area contributed by atoms with Crippen LogP contribution in [0.3, 0.4) is 0 Å². The van der Waals surface area contributed by atoms with E-state index in [0.717, 1.165) is 109 Å². The van der Waals surface area contributed by atoms with E-state index in [1.54, 1.807) is 0 Å². The molecule has 0 bridgehead atoms. The first-order valence-corrected chi connectivity index (χ1v) is 42.7. The van der Waals surface area contributed by atoms with E-state index in [-0.39, 0.29) is 25.7 Å². The highest BCUT2D eigenvalue weighted by Gasteiger charge is 2.30. The number of unbranched alkanes of at least 4 members (excludes halogenated alkanes) is 47. The number of ether oxygens (including phenoxy) is 4. The minimum Gasteiger partial charge on any atom is -0.462 e. The Bertz CT molecular complexity index is 1820. The van der Waals surface area contributed by atoms with Gasteiger partial charge in [0.1, 0.15) is 19.3 Å². The molecule has 0 heterocycles. The molecule has 564 valence electrons. The first-order valence-electron chi connectivity index (χ1n) is 39.7. The number of esters is 4. The third-order valence-electron chi connectivity index (χ3n) is 18.1. The highest BCUT2D eigenvalue weighted by atomic mass is 31.2. The summed E-state index contributed by atoms with van der Waals surface area (Å²) in [5.74, 6) is -1.26. The van der Waals surface area contributed by atoms with Gasteiger partial charge < -0.3 is 33.8 Å². The summed E-state index contributed by atoms with van der Waals surface area (Å²) in [5, 5.41) is 10.6. The highest BCUT2D eigenvalue weighted by molar-refractivity contribution is 7.47. The molecular formula is C76H148O17P2. The van der Waals surface area contributed by atoms with E-state index in [1.165, 1.54) is 212 Å². The van der Waals surface area contributed by atoms with Gasteiger partial charge in [-0.25, -0.2) is 9.13 Å². The summed E-state index contributed by atoms with van der Waals surface area (Å²) in [6.07, 6.45) is 59.0. The molecular weight excluding hydrogens is 1250 g/mol. The van der Waals surface area contributed by atoms with Crippen LogP contribution >= 0.6 is 15.6 Å². The summed E-state index contributed by atoms with van der Waals surface area (Å²) < 4.78 is 68.1. The summed E-state index contributed by atoms with van der Waals surface area (Å²) in [7, 11) is -9.89. The number of hydrogen-bond donors (Lipinski definition) is 3. The van der Waals surface area contributed by atoms with E-state index in [9.17, 15) is 43.2 Å². The van der Waals surface area contributed by atoms with Crippen molar-refractivity contribution in [2.75, 3.05) is 39.6 Å². The first kappa shape index (κ1) is 93.1. The van der Waals surface area contributed by atoms with E-state index in [0.29, 0.717) is 25.7 Å². The molecule has 0 radical (unpaired) electrons. The van der Waals surface area contributed by atoms with Crippen LogP contribution in [0.25, 0.3) is 0 Å². The van der Waals surface area contributed by atoms with E-state index < -0.39 is 97.5 Å². The Balaban J connectivity index is 5.06. The molecule has 0 spiro atoms. The molecule has 17 nitrogen and oxygen atoms in total. The second-order valence-corrected chi connectivity index (χ2v) is 30.5. The first-order chi connectivity index (χ1) is 46.1. The molecule has 95 heavy (non-hydrogen) atoms. The molecule has 0 aliphatic heterocycles. The molecule has 0 saturated heterocycles.